The Hall–Kier alpha value is -2.22. The lowest BCUT2D eigenvalue weighted by Crippen LogP contribution is -2.53. The molecule has 3 fully saturated rings. The number of nitrogens with zero attached hydrogens (tertiary/aromatic N) is 4. The molecule has 4 rings (SSSR count). The van der Waals surface area contributed by atoms with Gasteiger partial charge in [-0.1, -0.05) is 0 Å². The van der Waals surface area contributed by atoms with Crippen LogP contribution in [0.2, 0.25) is 0 Å². The second kappa shape index (κ2) is 10.2. The number of anilines is 1. The van der Waals surface area contributed by atoms with Gasteiger partial charge in [-0.15, -0.1) is 0 Å². The lowest BCUT2D eigenvalue weighted by Gasteiger charge is -2.39. The van der Waals surface area contributed by atoms with Crippen molar-refractivity contribution in [2.24, 2.45) is 5.92 Å². The van der Waals surface area contributed by atoms with E-state index in [9.17, 15) is 9.59 Å². The summed E-state index contributed by atoms with van der Waals surface area (Å²) >= 11 is 0. The number of nitrogens with one attached hydrogen (secondary N) is 2. The van der Waals surface area contributed by atoms with E-state index in [4.69, 9.17) is 0 Å². The van der Waals surface area contributed by atoms with Crippen LogP contribution in [-0.4, -0.2) is 70.0 Å². The number of aromatic nitrogens is 2. The fourth-order valence-electron chi connectivity index (χ4n) is 6.08. The third-order valence-electron chi connectivity index (χ3n) is 7.42. The van der Waals surface area contributed by atoms with Crippen molar-refractivity contribution in [3.05, 3.63) is 17.5 Å². The number of rotatable bonds is 6. The highest BCUT2D eigenvalue weighted by Gasteiger charge is 2.42. The van der Waals surface area contributed by atoms with Crippen LogP contribution in [0.3, 0.4) is 0 Å². The quantitative estimate of drug-likeness (QED) is 0.664. The molecule has 2 N–H and O–H groups in total. The highest BCUT2D eigenvalue weighted by atomic mass is 16.2. The molecule has 3 aliphatic heterocycles. The Morgan fingerprint density at radius 3 is 2.29 bits per heavy atom. The molecule has 0 radical (unpaired) electrons. The molecule has 188 valence electrons. The predicted octanol–water partition coefficient (Wildman–Crippen LogP) is 2.73. The van der Waals surface area contributed by atoms with Gasteiger partial charge in [-0.3, -0.25) is 14.5 Å². The number of aryl methyl sites for hydroxylation is 2. The normalized spacial score (nSPS) is 27.5. The van der Waals surface area contributed by atoms with Crippen LogP contribution < -0.4 is 15.5 Å². The van der Waals surface area contributed by atoms with Gasteiger partial charge in [0.25, 0.3) is 0 Å². The third kappa shape index (κ3) is 6.06. The fraction of sp³-hybridized carbons (Fsp3) is 0.769. The van der Waals surface area contributed by atoms with Gasteiger partial charge < -0.3 is 15.5 Å². The van der Waals surface area contributed by atoms with Gasteiger partial charge in [0, 0.05) is 42.1 Å². The van der Waals surface area contributed by atoms with E-state index in [0.717, 1.165) is 62.9 Å². The fourth-order valence-corrected chi connectivity index (χ4v) is 6.08. The Morgan fingerprint density at radius 1 is 1.03 bits per heavy atom. The summed E-state index contributed by atoms with van der Waals surface area (Å²) in [6.07, 6.45) is 7.36. The number of carbonyl (C=O) groups excluding carboxylic acids is 2. The smallest absolute Gasteiger partial charge is 0.242 e. The van der Waals surface area contributed by atoms with Gasteiger partial charge in [0.1, 0.15) is 6.04 Å². The maximum Gasteiger partial charge on any atom is 0.242 e. The molecule has 2 bridgehead atoms. The van der Waals surface area contributed by atoms with Crippen molar-refractivity contribution in [1.82, 2.24) is 25.5 Å². The summed E-state index contributed by atoms with van der Waals surface area (Å²) < 4.78 is 0. The molecule has 8 nitrogen and oxygen atoms in total. The maximum absolute atomic E-state index is 13.2. The minimum absolute atomic E-state index is 0.0989. The molecular weight excluding hydrogens is 428 g/mol. The minimum Gasteiger partial charge on any atom is -0.354 e. The van der Waals surface area contributed by atoms with Crippen molar-refractivity contribution < 1.29 is 9.59 Å². The van der Waals surface area contributed by atoms with Crippen LogP contribution in [0.15, 0.2) is 6.07 Å². The number of carbonyl (C=O) groups is 2. The minimum atomic E-state index is -0.201. The van der Waals surface area contributed by atoms with E-state index in [0.29, 0.717) is 37.0 Å². The van der Waals surface area contributed by atoms with E-state index in [2.05, 4.69) is 30.4 Å². The van der Waals surface area contributed by atoms with Gasteiger partial charge in [0.15, 0.2) is 0 Å². The van der Waals surface area contributed by atoms with Gasteiger partial charge in [-0.05, 0) is 91.5 Å². The SMILES string of the molecule is Cc1cc(C)nc(N2CCCCC2C(=O)NC[C@@H]2CC3CC[C@H](C2)N3CC(=O)NC(C)(C)C)n1. The lowest BCUT2D eigenvalue weighted by atomic mass is 9.90. The van der Waals surface area contributed by atoms with Crippen LogP contribution >= 0.6 is 0 Å². The molecule has 0 spiro atoms. The number of hydrogen-bond acceptors (Lipinski definition) is 6. The van der Waals surface area contributed by atoms with E-state index >= 15 is 0 Å². The Kier molecular flexibility index (Phi) is 7.45. The van der Waals surface area contributed by atoms with E-state index < -0.39 is 0 Å². The summed E-state index contributed by atoms with van der Waals surface area (Å²) in [6.45, 7) is 12.0. The first kappa shape index (κ1) is 24.9. The molecule has 4 atom stereocenters. The molecule has 4 heterocycles. The van der Waals surface area contributed by atoms with E-state index in [1.54, 1.807) is 0 Å². The van der Waals surface area contributed by atoms with Crippen molar-refractivity contribution in [2.45, 2.75) is 103 Å². The van der Waals surface area contributed by atoms with Gasteiger partial charge in [-0.25, -0.2) is 9.97 Å². The maximum atomic E-state index is 13.2. The number of hydrogen-bond donors (Lipinski definition) is 2. The average molecular weight is 471 g/mol. The van der Waals surface area contributed by atoms with Crippen LogP contribution in [0, 0.1) is 19.8 Å². The molecular formula is C26H42N6O2. The van der Waals surface area contributed by atoms with Crippen molar-refractivity contribution in [2.75, 3.05) is 24.5 Å². The van der Waals surface area contributed by atoms with Crippen LogP contribution in [-0.2, 0) is 9.59 Å². The summed E-state index contributed by atoms with van der Waals surface area (Å²) in [5.74, 6) is 1.36. The van der Waals surface area contributed by atoms with Crippen molar-refractivity contribution in [3.8, 4) is 0 Å². The van der Waals surface area contributed by atoms with E-state index in [-0.39, 0.29) is 23.4 Å². The molecule has 3 saturated heterocycles. The predicted molar refractivity (Wildman–Crippen MR) is 134 cm³/mol. The first-order valence-electron chi connectivity index (χ1n) is 13.0. The highest BCUT2D eigenvalue weighted by molar-refractivity contribution is 5.85. The largest absolute Gasteiger partial charge is 0.354 e. The summed E-state index contributed by atoms with van der Waals surface area (Å²) in [5, 5.41) is 6.37. The summed E-state index contributed by atoms with van der Waals surface area (Å²) in [7, 11) is 0. The van der Waals surface area contributed by atoms with E-state index in [1.807, 2.05) is 40.7 Å². The Labute approximate surface area is 204 Å². The van der Waals surface area contributed by atoms with Crippen molar-refractivity contribution >= 4 is 17.8 Å². The highest BCUT2D eigenvalue weighted by Crippen LogP contribution is 2.38. The Balaban J connectivity index is 1.31. The molecule has 34 heavy (non-hydrogen) atoms. The standard InChI is InChI=1S/C26H42N6O2/c1-17-12-18(2)29-25(28-17)31-11-7-6-8-22(31)24(34)27-15-19-13-20-9-10-21(14-19)32(20)16-23(33)30-26(3,4)5/h12,19-22H,6-11,13-16H2,1-5H3,(H,27,34)(H,30,33)/t19-,20+,21?,22?/m0/s1. The van der Waals surface area contributed by atoms with E-state index in [1.165, 1.54) is 0 Å². The molecule has 2 amide bonds. The van der Waals surface area contributed by atoms with Crippen molar-refractivity contribution in [1.29, 1.82) is 0 Å². The average Bonchev–Trinajstić information content (AvgIpc) is 2.97. The number of fused-ring (bicyclic) bond motifs is 2. The lowest BCUT2D eigenvalue weighted by molar-refractivity contribution is -0.125. The molecule has 0 saturated carbocycles. The molecule has 1 aromatic rings. The zero-order valence-corrected chi connectivity index (χ0v) is 21.6. The first-order valence-corrected chi connectivity index (χ1v) is 13.0. The van der Waals surface area contributed by atoms with Crippen LogP contribution in [0.4, 0.5) is 5.95 Å². The Bertz CT molecular complexity index is 864. The number of amides is 2. The molecule has 3 aliphatic rings. The number of piperidine rings is 2. The summed E-state index contributed by atoms with van der Waals surface area (Å²) in [4.78, 5) is 39.5. The second-order valence-electron chi connectivity index (χ2n) is 11.6. The molecule has 2 unspecified atom stereocenters. The Morgan fingerprint density at radius 2 is 1.68 bits per heavy atom. The van der Waals surface area contributed by atoms with Gasteiger partial charge in [-0.2, -0.15) is 0 Å². The van der Waals surface area contributed by atoms with Gasteiger partial charge in [0.05, 0.1) is 6.54 Å². The summed E-state index contributed by atoms with van der Waals surface area (Å²) in [6, 6.07) is 2.66. The molecule has 8 heteroatoms. The molecule has 1 aromatic heterocycles. The zero-order chi connectivity index (χ0) is 24.5. The molecule has 0 aliphatic carbocycles. The first-order chi connectivity index (χ1) is 16.1. The second-order valence-corrected chi connectivity index (χ2v) is 11.6. The van der Waals surface area contributed by atoms with Crippen molar-refractivity contribution in [3.63, 3.8) is 0 Å². The third-order valence-corrected chi connectivity index (χ3v) is 7.42. The van der Waals surface area contributed by atoms with Crippen LogP contribution in [0.1, 0.15) is 77.1 Å². The monoisotopic (exact) mass is 470 g/mol. The zero-order valence-electron chi connectivity index (χ0n) is 21.6. The summed E-state index contributed by atoms with van der Waals surface area (Å²) in [5.41, 5.74) is 1.67. The van der Waals surface area contributed by atoms with Crippen LogP contribution in [0.25, 0.3) is 0 Å². The van der Waals surface area contributed by atoms with Gasteiger partial charge >= 0.3 is 0 Å². The topological polar surface area (TPSA) is 90.5 Å². The van der Waals surface area contributed by atoms with Gasteiger partial charge in [0.2, 0.25) is 17.8 Å². The molecule has 0 aromatic carbocycles. The van der Waals surface area contributed by atoms with Crippen LogP contribution in [0.5, 0.6) is 0 Å².